The highest BCUT2D eigenvalue weighted by molar-refractivity contribution is 5.76. The predicted octanol–water partition coefficient (Wildman–Crippen LogP) is 2.74. The minimum absolute atomic E-state index is 0.125. The lowest BCUT2D eigenvalue weighted by molar-refractivity contribution is -0.122. The maximum absolute atomic E-state index is 12.1. The van der Waals surface area contributed by atoms with Crippen LogP contribution in [0.3, 0.4) is 0 Å². The molecule has 3 aromatic rings. The van der Waals surface area contributed by atoms with Crippen LogP contribution in [0.1, 0.15) is 24.1 Å². The zero-order valence-corrected chi connectivity index (χ0v) is 15.3. The normalized spacial score (nSPS) is 11.6. The van der Waals surface area contributed by atoms with Crippen molar-refractivity contribution in [2.24, 2.45) is 0 Å². The second-order valence-corrected chi connectivity index (χ2v) is 6.07. The van der Waals surface area contributed by atoms with Crippen molar-refractivity contribution in [3.63, 3.8) is 0 Å². The molecule has 2 aromatic carbocycles. The molecule has 0 fully saturated rings. The van der Waals surface area contributed by atoms with Gasteiger partial charge in [0.05, 0.1) is 13.2 Å². The molecule has 7 heteroatoms. The largest absolute Gasteiger partial charge is 0.493 e. The fourth-order valence-electron chi connectivity index (χ4n) is 2.64. The Morgan fingerprint density at radius 2 is 2.00 bits per heavy atom. The molecule has 0 saturated heterocycles. The molecule has 140 valence electrons. The maximum atomic E-state index is 12.1. The molecule has 0 spiro atoms. The summed E-state index contributed by atoms with van der Waals surface area (Å²) in [4.78, 5) is 15.9. The summed E-state index contributed by atoms with van der Waals surface area (Å²) in [6.45, 7) is 2.50. The highest BCUT2D eigenvalue weighted by Crippen LogP contribution is 2.31. The Hall–Kier alpha value is -3.35. The van der Waals surface area contributed by atoms with Gasteiger partial charge in [-0.2, -0.15) is 5.10 Å². The molecule has 27 heavy (non-hydrogen) atoms. The number of hydrogen-bond acceptors (Lipinski definition) is 5. The topological polar surface area (TPSA) is 78.3 Å². The highest BCUT2D eigenvalue weighted by Gasteiger charge is 2.13. The number of hydrogen-bond donors (Lipinski definition) is 1. The first-order chi connectivity index (χ1) is 13.2. The molecular weight excluding hydrogens is 344 g/mol. The van der Waals surface area contributed by atoms with Gasteiger partial charge in [0.25, 0.3) is 0 Å². The molecule has 1 atom stereocenters. The maximum Gasteiger partial charge on any atom is 0.242 e. The highest BCUT2D eigenvalue weighted by atomic mass is 16.5. The van der Waals surface area contributed by atoms with E-state index in [1.165, 1.54) is 17.3 Å². The number of nitrogens with zero attached hydrogens (tertiary/aromatic N) is 3. The number of aromatic nitrogens is 3. The predicted molar refractivity (Wildman–Crippen MR) is 100 cm³/mol. The number of ether oxygens (including phenoxy) is 2. The third kappa shape index (κ3) is 5.07. The van der Waals surface area contributed by atoms with Gasteiger partial charge in [-0.1, -0.05) is 36.4 Å². The summed E-state index contributed by atoms with van der Waals surface area (Å²) in [5.41, 5.74) is 2.00. The smallest absolute Gasteiger partial charge is 0.242 e. The van der Waals surface area contributed by atoms with Gasteiger partial charge in [0.2, 0.25) is 5.91 Å². The van der Waals surface area contributed by atoms with Crippen LogP contribution in [0.4, 0.5) is 0 Å². The van der Waals surface area contributed by atoms with E-state index in [4.69, 9.17) is 9.47 Å². The van der Waals surface area contributed by atoms with Crippen molar-refractivity contribution in [2.75, 3.05) is 7.11 Å². The standard InChI is InChI=1S/C20H22N4O3/c1-15(23-20(25)11-24-14-21-13-22-24)17-8-9-18(19(10-17)26-2)27-12-16-6-4-3-5-7-16/h3-10,13-15H,11-12H2,1-2H3,(H,23,25). The molecule has 1 unspecified atom stereocenters. The summed E-state index contributed by atoms with van der Waals surface area (Å²) in [5.74, 6) is 1.14. The summed E-state index contributed by atoms with van der Waals surface area (Å²) in [7, 11) is 1.60. The molecule has 0 saturated carbocycles. The second-order valence-electron chi connectivity index (χ2n) is 6.07. The lowest BCUT2D eigenvalue weighted by atomic mass is 10.1. The Kier molecular flexibility index (Phi) is 6.04. The van der Waals surface area contributed by atoms with Crippen LogP contribution in [-0.2, 0) is 17.9 Å². The Morgan fingerprint density at radius 1 is 1.19 bits per heavy atom. The zero-order valence-electron chi connectivity index (χ0n) is 15.3. The third-order valence-corrected chi connectivity index (χ3v) is 4.07. The van der Waals surface area contributed by atoms with Gasteiger partial charge >= 0.3 is 0 Å². The van der Waals surface area contributed by atoms with Crippen molar-refractivity contribution in [2.45, 2.75) is 26.1 Å². The SMILES string of the molecule is COc1cc(C(C)NC(=O)Cn2cncn2)ccc1OCc1ccccc1. The van der Waals surface area contributed by atoms with E-state index < -0.39 is 0 Å². The summed E-state index contributed by atoms with van der Waals surface area (Å²) < 4.78 is 12.8. The van der Waals surface area contributed by atoms with Crippen molar-refractivity contribution in [1.29, 1.82) is 0 Å². The quantitative estimate of drug-likeness (QED) is 0.663. The van der Waals surface area contributed by atoms with Gasteiger partial charge in [-0.3, -0.25) is 4.79 Å². The molecule has 1 heterocycles. The first-order valence-electron chi connectivity index (χ1n) is 8.62. The lowest BCUT2D eigenvalue weighted by Crippen LogP contribution is -2.30. The van der Waals surface area contributed by atoms with E-state index >= 15 is 0 Å². The van der Waals surface area contributed by atoms with E-state index in [2.05, 4.69) is 15.4 Å². The lowest BCUT2D eigenvalue weighted by Gasteiger charge is -2.17. The molecule has 1 amide bonds. The molecule has 1 aromatic heterocycles. The zero-order chi connectivity index (χ0) is 19.1. The number of carbonyl (C=O) groups is 1. The van der Waals surface area contributed by atoms with Gasteiger partial charge in [0.1, 0.15) is 25.8 Å². The number of carbonyl (C=O) groups excluding carboxylic acids is 1. The van der Waals surface area contributed by atoms with Crippen molar-refractivity contribution in [1.82, 2.24) is 20.1 Å². The monoisotopic (exact) mass is 366 g/mol. The number of rotatable bonds is 8. The molecule has 1 N–H and O–H groups in total. The molecule has 0 bridgehead atoms. The van der Waals surface area contributed by atoms with E-state index in [1.54, 1.807) is 7.11 Å². The molecular formula is C20H22N4O3. The Morgan fingerprint density at radius 3 is 2.70 bits per heavy atom. The van der Waals surface area contributed by atoms with E-state index in [0.717, 1.165) is 11.1 Å². The van der Waals surface area contributed by atoms with Crippen LogP contribution in [-0.4, -0.2) is 27.8 Å². The summed E-state index contributed by atoms with van der Waals surface area (Å²) in [5, 5.41) is 6.87. The first-order valence-corrected chi connectivity index (χ1v) is 8.62. The Balaban J connectivity index is 1.63. The summed E-state index contributed by atoms with van der Waals surface area (Å²) >= 11 is 0. The minimum Gasteiger partial charge on any atom is -0.493 e. The average Bonchev–Trinajstić information content (AvgIpc) is 3.19. The number of benzene rings is 2. The van der Waals surface area contributed by atoms with Gasteiger partial charge in [-0.05, 0) is 30.2 Å². The van der Waals surface area contributed by atoms with Crippen LogP contribution in [0.25, 0.3) is 0 Å². The van der Waals surface area contributed by atoms with Gasteiger partial charge < -0.3 is 14.8 Å². The summed E-state index contributed by atoms with van der Waals surface area (Å²) in [6.07, 6.45) is 2.90. The van der Waals surface area contributed by atoms with Crippen LogP contribution in [0.2, 0.25) is 0 Å². The first kappa shape index (κ1) is 18.4. The van der Waals surface area contributed by atoms with Gasteiger partial charge in [0.15, 0.2) is 11.5 Å². The van der Waals surface area contributed by atoms with Crippen molar-refractivity contribution < 1.29 is 14.3 Å². The molecule has 3 rings (SSSR count). The van der Waals surface area contributed by atoms with E-state index in [1.807, 2.05) is 55.5 Å². The Bertz CT molecular complexity index is 866. The molecule has 0 radical (unpaired) electrons. The van der Waals surface area contributed by atoms with Crippen molar-refractivity contribution in [3.8, 4) is 11.5 Å². The average molecular weight is 366 g/mol. The number of methoxy groups -OCH3 is 1. The van der Waals surface area contributed by atoms with E-state index in [9.17, 15) is 4.79 Å². The van der Waals surface area contributed by atoms with Crippen LogP contribution in [0.5, 0.6) is 11.5 Å². The molecule has 0 aliphatic carbocycles. The second kappa shape index (κ2) is 8.84. The van der Waals surface area contributed by atoms with Crippen molar-refractivity contribution in [3.05, 3.63) is 72.3 Å². The van der Waals surface area contributed by atoms with Crippen LogP contribution < -0.4 is 14.8 Å². The van der Waals surface area contributed by atoms with E-state index in [0.29, 0.717) is 18.1 Å². The third-order valence-electron chi connectivity index (χ3n) is 4.07. The minimum atomic E-state index is -0.182. The van der Waals surface area contributed by atoms with Crippen molar-refractivity contribution >= 4 is 5.91 Å². The Labute approximate surface area is 158 Å². The molecule has 7 nitrogen and oxygen atoms in total. The number of nitrogens with one attached hydrogen (secondary N) is 1. The van der Waals surface area contributed by atoms with Crippen LogP contribution in [0, 0.1) is 0 Å². The van der Waals surface area contributed by atoms with Crippen LogP contribution >= 0.6 is 0 Å². The van der Waals surface area contributed by atoms with Crippen LogP contribution in [0.15, 0.2) is 61.2 Å². The van der Waals surface area contributed by atoms with E-state index in [-0.39, 0.29) is 18.5 Å². The molecule has 0 aliphatic heterocycles. The fraction of sp³-hybridized carbons (Fsp3) is 0.250. The fourth-order valence-corrected chi connectivity index (χ4v) is 2.64. The van der Waals surface area contributed by atoms with Gasteiger partial charge in [0, 0.05) is 0 Å². The summed E-state index contributed by atoms with van der Waals surface area (Å²) in [6, 6.07) is 15.4. The van der Waals surface area contributed by atoms with Gasteiger partial charge in [-0.25, -0.2) is 9.67 Å². The number of amides is 1. The molecule has 0 aliphatic rings. The van der Waals surface area contributed by atoms with Gasteiger partial charge in [-0.15, -0.1) is 0 Å².